The summed E-state index contributed by atoms with van der Waals surface area (Å²) in [5.74, 6) is 0. The van der Waals surface area contributed by atoms with Gasteiger partial charge in [0.15, 0.2) is 0 Å². The molecular formula is C97H71N3S2. The van der Waals surface area contributed by atoms with E-state index in [0.717, 1.165) is 22.7 Å². The van der Waals surface area contributed by atoms with E-state index in [1.54, 1.807) is 0 Å². The highest BCUT2D eigenvalue weighted by Crippen LogP contribution is 2.59. The lowest BCUT2D eigenvalue weighted by Gasteiger charge is -2.30. The molecule has 102 heavy (non-hydrogen) atoms. The average Bonchev–Trinajstić information content (AvgIpc) is 1.52. The van der Waals surface area contributed by atoms with Gasteiger partial charge in [-0.3, -0.25) is 0 Å². The normalized spacial score (nSPS) is 14.8. The standard InChI is InChI=1S/C97H71N3S2/c1-94(2,3)56-48-75-68-41-37-60(99(58-35-39-66-64-25-15-17-29-78(64)96(6,7)80(66)51-58)83-31-19-27-74-88-62-23-13-11-21-55(62)33-47-86(88)102-93(74)83)53-84(68)100-90-71-44-42-69-67-40-36-59(52-81(67)97(8,9)89(69)70(71)43-45-72(90)76(49-56)91(75)100)98(57-34-38-65-63-24-14-16-28-77(63)95(4,5)79(65)50-57)82-30-18-26-73-87-61-22-12-10-20-54(61)32-46-85(87)101-92(73)82/h10-53H,1-9H3. The van der Waals surface area contributed by atoms with Crippen LogP contribution in [0.3, 0.4) is 0 Å². The second-order valence-corrected chi connectivity index (χ2v) is 34.0. The molecule has 3 aliphatic rings. The summed E-state index contributed by atoms with van der Waals surface area (Å²) in [6.07, 6.45) is 0. The van der Waals surface area contributed by atoms with Crippen molar-refractivity contribution in [2.45, 2.75) is 84.0 Å². The van der Waals surface area contributed by atoms with E-state index in [-0.39, 0.29) is 21.7 Å². The molecule has 0 saturated carbocycles. The molecule has 5 heteroatoms. The summed E-state index contributed by atoms with van der Waals surface area (Å²) < 4.78 is 7.85. The van der Waals surface area contributed by atoms with E-state index < -0.39 is 0 Å². The van der Waals surface area contributed by atoms with Gasteiger partial charge in [0.2, 0.25) is 0 Å². The summed E-state index contributed by atoms with van der Waals surface area (Å²) in [4.78, 5) is 5.17. The molecular weight excluding hydrogens is 1270 g/mol. The van der Waals surface area contributed by atoms with Crippen LogP contribution in [-0.4, -0.2) is 4.40 Å². The Balaban J connectivity index is 0.752. The van der Waals surface area contributed by atoms with Crippen LogP contribution < -0.4 is 9.80 Å². The average molecular weight is 1340 g/mol. The molecule has 0 spiro atoms. The lowest BCUT2D eigenvalue weighted by Crippen LogP contribution is -2.18. The van der Waals surface area contributed by atoms with Crippen molar-refractivity contribution in [3.8, 4) is 33.4 Å². The first-order chi connectivity index (χ1) is 49.5. The molecule has 0 atom stereocenters. The molecule has 0 saturated heterocycles. The third kappa shape index (κ3) is 7.69. The zero-order valence-electron chi connectivity index (χ0n) is 58.6. The van der Waals surface area contributed by atoms with Gasteiger partial charge < -0.3 is 14.2 Å². The summed E-state index contributed by atoms with van der Waals surface area (Å²) >= 11 is 3.83. The summed E-state index contributed by atoms with van der Waals surface area (Å²) in [6.45, 7) is 21.7. The Morgan fingerprint density at radius 1 is 0.304 bits per heavy atom. The van der Waals surface area contributed by atoms with E-state index in [4.69, 9.17) is 0 Å². The van der Waals surface area contributed by atoms with Crippen LogP contribution in [0.5, 0.6) is 0 Å². The van der Waals surface area contributed by atoms with Crippen LogP contribution in [0.15, 0.2) is 267 Å². The van der Waals surface area contributed by atoms with Crippen molar-refractivity contribution in [2.75, 3.05) is 9.80 Å². The first-order valence-corrected chi connectivity index (χ1v) is 37.8. The van der Waals surface area contributed by atoms with Crippen molar-refractivity contribution in [3.63, 3.8) is 0 Å². The highest BCUT2D eigenvalue weighted by molar-refractivity contribution is 7.27. The third-order valence-corrected chi connectivity index (χ3v) is 26.8. The lowest BCUT2D eigenvalue weighted by molar-refractivity contribution is 0.592. The van der Waals surface area contributed by atoms with Gasteiger partial charge in [0.05, 0.1) is 37.3 Å². The number of aromatic nitrogens is 1. The van der Waals surface area contributed by atoms with Crippen LogP contribution in [0.4, 0.5) is 34.1 Å². The van der Waals surface area contributed by atoms with E-state index in [9.17, 15) is 0 Å². The van der Waals surface area contributed by atoms with Crippen LogP contribution in [0.1, 0.15) is 101 Å². The molecule has 3 aliphatic carbocycles. The summed E-state index contributed by atoms with van der Waals surface area (Å²) in [5.41, 5.74) is 27.4. The number of benzene rings is 15. The fourth-order valence-electron chi connectivity index (χ4n) is 19.4. The number of nitrogens with zero attached hydrogens (tertiary/aromatic N) is 3. The topological polar surface area (TPSA) is 10.9 Å². The largest absolute Gasteiger partial charge is 0.309 e. The first kappa shape index (κ1) is 58.7. The molecule has 0 radical (unpaired) electrons. The SMILES string of the molecule is CC(C)(C)c1cc2c3ccc(N(c4ccc5c(c4)C(C)(C)c4ccccc4-5)c4cccc5c4sc4ccc6ccccc6c45)cc3n3c4c5ccc6c(c5ccc4c(c1)c23)C(C)(C)c1cc(N(c2ccc3c(c2)C(C)(C)c2ccccc2-3)c2cccc3c2sc2ccc4ccccc4c23)ccc1-6. The maximum absolute atomic E-state index is 2.67. The molecule has 0 unspecified atom stereocenters. The smallest absolute Gasteiger partial charge is 0.0640 e. The minimum absolute atomic E-state index is 0.0853. The van der Waals surface area contributed by atoms with Crippen molar-refractivity contribution in [1.82, 2.24) is 4.40 Å². The van der Waals surface area contributed by atoms with Crippen molar-refractivity contribution < 1.29 is 0 Å². The zero-order chi connectivity index (χ0) is 68.4. The fraction of sp³-hybridized carbons (Fsp3) is 0.134. The van der Waals surface area contributed by atoms with E-state index in [0.29, 0.717) is 0 Å². The van der Waals surface area contributed by atoms with Crippen LogP contribution in [0.25, 0.3) is 144 Å². The van der Waals surface area contributed by atoms with Crippen LogP contribution in [-0.2, 0) is 21.7 Å². The Morgan fingerprint density at radius 2 is 0.706 bits per heavy atom. The first-order valence-electron chi connectivity index (χ1n) is 36.1. The van der Waals surface area contributed by atoms with E-state index in [2.05, 4.69) is 343 Å². The predicted molar refractivity (Wildman–Crippen MR) is 440 cm³/mol. The molecule has 0 N–H and O–H groups in total. The molecule has 486 valence electrons. The molecule has 3 nitrogen and oxygen atoms in total. The monoisotopic (exact) mass is 1340 g/mol. The van der Waals surface area contributed by atoms with Crippen LogP contribution >= 0.6 is 22.7 Å². The molecule has 19 aromatic rings. The Hall–Kier alpha value is -11.1. The number of rotatable bonds is 6. The molecule has 4 aromatic heterocycles. The Bertz CT molecular complexity index is 6980. The summed E-state index contributed by atoms with van der Waals surface area (Å²) in [5, 5.41) is 18.1. The van der Waals surface area contributed by atoms with Gasteiger partial charge in [-0.25, -0.2) is 0 Å². The van der Waals surface area contributed by atoms with Crippen LogP contribution in [0, 0.1) is 0 Å². The van der Waals surface area contributed by atoms with Gasteiger partial charge in [-0.15, -0.1) is 22.7 Å². The van der Waals surface area contributed by atoms with Gasteiger partial charge in [-0.2, -0.15) is 0 Å². The van der Waals surface area contributed by atoms with Crippen molar-refractivity contribution in [2.24, 2.45) is 0 Å². The predicted octanol–water partition coefficient (Wildman–Crippen LogP) is 28.2. The number of hydrogen-bond acceptors (Lipinski definition) is 4. The number of anilines is 6. The molecule has 4 heterocycles. The molecule has 0 aliphatic heterocycles. The Kier molecular flexibility index (Phi) is 11.6. The molecule has 0 amide bonds. The summed E-state index contributed by atoms with van der Waals surface area (Å²) in [7, 11) is 0. The second kappa shape index (κ2) is 20.1. The van der Waals surface area contributed by atoms with E-state index in [1.165, 1.54) is 194 Å². The highest BCUT2D eigenvalue weighted by atomic mass is 32.1. The maximum atomic E-state index is 2.67. The van der Waals surface area contributed by atoms with Gasteiger partial charge in [0.1, 0.15) is 0 Å². The Morgan fingerprint density at radius 3 is 1.25 bits per heavy atom. The molecule has 0 fully saturated rings. The number of thiophene rings is 2. The minimum atomic E-state index is -0.373. The van der Waals surface area contributed by atoms with Gasteiger partial charge in [-0.1, -0.05) is 244 Å². The van der Waals surface area contributed by atoms with E-state index >= 15 is 0 Å². The van der Waals surface area contributed by atoms with Gasteiger partial charge in [0, 0.05) is 96.9 Å². The van der Waals surface area contributed by atoms with Crippen molar-refractivity contribution >= 4 is 168 Å². The van der Waals surface area contributed by atoms with Crippen LogP contribution in [0.2, 0.25) is 0 Å². The van der Waals surface area contributed by atoms with Gasteiger partial charge in [-0.05, 0) is 190 Å². The maximum Gasteiger partial charge on any atom is 0.0640 e. The lowest BCUT2D eigenvalue weighted by atomic mass is 9.79. The Labute approximate surface area is 600 Å². The fourth-order valence-corrected chi connectivity index (χ4v) is 21.9. The quantitative estimate of drug-likeness (QED) is 0.164. The van der Waals surface area contributed by atoms with E-state index in [1.807, 2.05) is 22.7 Å². The molecule has 22 rings (SSSR count). The number of fused-ring (bicyclic) bond motifs is 28. The summed E-state index contributed by atoms with van der Waals surface area (Å²) in [6, 6.07) is 103. The van der Waals surface area contributed by atoms with Crippen molar-refractivity contribution in [3.05, 3.63) is 306 Å². The molecule has 15 aromatic carbocycles. The third-order valence-electron chi connectivity index (χ3n) is 24.4. The molecule has 0 bridgehead atoms. The second-order valence-electron chi connectivity index (χ2n) is 31.9. The van der Waals surface area contributed by atoms with Gasteiger partial charge >= 0.3 is 0 Å². The zero-order valence-corrected chi connectivity index (χ0v) is 60.2. The van der Waals surface area contributed by atoms with Crippen molar-refractivity contribution in [1.29, 1.82) is 0 Å². The highest BCUT2D eigenvalue weighted by Gasteiger charge is 2.41. The van der Waals surface area contributed by atoms with Gasteiger partial charge in [0.25, 0.3) is 0 Å². The minimum Gasteiger partial charge on any atom is -0.309 e. The number of hydrogen-bond donors (Lipinski definition) is 0.